The first-order valence-corrected chi connectivity index (χ1v) is 9.09. The van der Waals surface area contributed by atoms with Gasteiger partial charge in [0, 0.05) is 17.1 Å². The highest BCUT2D eigenvalue weighted by Gasteiger charge is 2.20. The van der Waals surface area contributed by atoms with Crippen molar-refractivity contribution < 1.29 is 8.42 Å². The monoisotopic (exact) mass is 337 g/mol. The highest BCUT2D eigenvalue weighted by Crippen LogP contribution is 2.27. The second kappa shape index (κ2) is 6.13. The Morgan fingerprint density at radius 3 is 2.42 bits per heavy atom. The fraction of sp³-hybridized carbons (Fsp3) is 0.100. The average molecular weight is 337 g/mol. The molecule has 24 heavy (non-hydrogen) atoms. The Morgan fingerprint density at radius 1 is 1.08 bits per heavy atom. The van der Waals surface area contributed by atoms with E-state index in [9.17, 15) is 8.42 Å². The van der Waals surface area contributed by atoms with E-state index in [1.807, 2.05) is 50.3 Å². The van der Waals surface area contributed by atoms with Crippen molar-refractivity contribution in [3.8, 4) is 0 Å². The number of rotatable bonds is 4. The summed E-state index contributed by atoms with van der Waals surface area (Å²) in [6.07, 6.45) is 5.44. The second-order valence-corrected chi connectivity index (χ2v) is 7.71. The molecule has 0 atom stereocenters. The van der Waals surface area contributed by atoms with Crippen molar-refractivity contribution in [1.29, 1.82) is 0 Å². The van der Waals surface area contributed by atoms with Crippen molar-refractivity contribution in [3.05, 3.63) is 84.1 Å². The van der Waals surface area contributed by atoms with Crippen LogP contribution in [0.1, 0.15) is 18.1 Å². The molecule has 1 heterocycles. The van der Waals surface area contributed by atoms with Crippen LogP contribution in [0.5, 0.6) is 0 Å². The summed E-state index contributed by atoms with van der Waals surface area (Å²) in [5.41, 5.74) is 3.45. The highest BCUT2D eigenvalue weighted by molar-refractivity contribution is 7.90. The molecule has 0 aliphatic carbocycles. The van der Waals surface area contributed by atoms with Gasteiger partial charge in [-0.05, 0) is 32.0 Å². The molecule has 0 radical (unpaired) electrons. The summed E-state index contributed by atoms with van der Waals surface area (Å²) in [4.78, 5) is 0.282. The predicted molar refractivity (Wildman–Crippen MR) is 99.5 cm³/mol. The van der Waals surface area contributed by atoms with Crippen LogP contribution in [0.4, 0.5) is 0 Å². The standard InChI is InChI=1S/C20H19NO2S/c1-15(2)8-11-17-14-21(20-7-5-4-6-19(17)20)24(22,23)18-12-9-16(3)10-13-18/h4-14H,1H2,2-3H3/b11-8+. The summed E-state index contributed by atoms with van der Waals surface area (Å²) in [5.74, 6) is 0. The maximum absolute atomic E-state index is 13.0. The molecule has 0 unspecified atom stereocenters. The van der Waals surface area contributed by atoms with Crippen molar-refractivity contribution >= 4 is 27.0 Å². The molecule has 2 aromatic carbocycles. The van der Waals surface area contributed by atoms with E-state index < -0.39 is 10.0 Å². The summed E-state index contributed by atoms with van der Waals surface area (Å²) < 4.78 is 27.4. The fourth-order valence-corrected chi connectivity index (χ4v) is 3.94. The van der Waals surface area contributed by atoms with E-state index in [1.54, 1.807) is 30.5 Å². The molecule has 0 fully saturated rings. The molecule has 3 aromatic rings. The third kappa shape index (κ3) is 2.93. The largest absolute Gasteiger partial charge is 0.268 e. The number of benzene rings is 2. The first-order valence-electron chi connectivity index (χ1n) is 7.65. The second-order valence-electron chi connectivity index (χ2n) is 5.90. The Bertz CT molecular complexity index is 1040. The van der Waals surface area contributed by atoms with Crippen molar-refractivity contribution in [2.45, 2.75) is 18.7 Å². The number of hydrogen-bond donors (Lipinski definition) is 0. The van der Waals surface area contributed by atoms with Gasteiger partial charge in [0.15, 0.2) is 0 Å². The van der Waals surface area contributed by atoms with Crippen molar-refractivity contribution in [2.24, 2.45) is 0 Å². The molecule has 0 N–H and O–H groups in total. The number of aryl methyl sites for hydroxylation is 1. The third-order valence-corrected chi connectivity index (χ3v) is 5.52. The number of allylic oxidation sites excluding steroid dienone is 2. The maximum atomic E-state index is 13.0. The molecule has 0 spiro atoms. The highest BCUT2D eigenvalue weighted by atomic mass is 32.2. The van der Waals surface area contributed by atoms with Gasteiger partial charge < -0.3 is 0 Å². The van der Waals surface area contributed by atoms with Crippen LogP contribution in [0.3, 0.4) is 0 Å². The molecule has 0 saturated carbocycles. The van der Waals surface area contributed by atoms with Crippen LogP contribution in [-0.4, -0.2) is 12.4 Å². The van der Waals surface area contributed by atoms with Gasteiger partial charge in [0.25, 0.3) is 10.0 Å². The number of para-hydroxylation sites is 1. The number of fused-ring (bicyclic) bond motifs is 1. The molecule has 3 nitrogen and oxygen atoms in total. The summed E-state index contributed by atoms with van der Waals surface area (Å²) in [6.45, 7) is 7.68. The molecule has 0 aliphatic rings. The Morgan fingerprint density at radius 2 is 1.75 bits per heavy atom. The van der Waals surface area contributed by atoms with Crippen LogP contribution in [0, 0.1) is 6.92 Å². The minimum absolute atomic E-state index is 0.282. The van der Waals surface area contributed by atoms with Gasteiger partial charge in [-0.25, -0.2) is 12.4 Å². The van der Waals surface area contributed by atoms with Gasteiger partial charge in [-0.1, -0.05) is 60.2 Å². The molecular weight excluding hydrogens is 318 g/mol. The van der Waals surface area contributed by atoms with E-state index in [0.717, 1.165) is 22.1 Å². The fourth-order valence-electron chi connectivity index (χ4n) is 2.56. The Kier molecular flexibility index (Phi) is 4.16. The average Bonchev–Trinajstić information content (AvgIpc) is 2.93. The van der Waals surface area contributed by atoms with Crippen LogP contribution < -0.4 is 0 Å². The zero-order chi connectivity index (χ0) is 17.3. The Balaban J connectivity index is 2.22. The van der Waals surface area contributed by atoms with Crippen LogP contribution in [0.2, 0.25) is 0 Å². The van der Waals surface area contributed by atoms with E-state index in [1.165, 1.54) is 3.97 Å². The van der Waals surface area contributed by atoms with Crippen molar-refractivity contribution in [1.82, 2.24) is 3.97 Å². The molecule has 0 amide bonds. The quantitative estimate of drug-likeness (QED) is 0.643. The minimum atomic E-state index is -3.64. The third-order valence-electron chi connectivity index (χ3n) is 3.83. The Labute approximate surface area is 142 Å². The lowest BCUT2D eigenvalue weighted by atomic mass is 10.1. The van der Waals surface area contributed by atoms with E-state index in [4.69, 9.17) is 0 Å². The molecule has 4 heteroatoms. The predicted octanol–water partition coefficient (Wildman–Crippen LogP) is 4.78. The van der Waals surface area contributed by atoms with E-state index in [-0.39, 0.29) is 4.90 Å². The van der Waals surface area contributed by atoms with Gasteiger partial charge in [0.2, 0.25) is 0 Å². The summed E-state index contributed by atoms with van der Waals surface area (Å²) in [5, 5.41) is 0.894. The summed E-state index contributed by atoms with van der Waals surface area (Å²) >= 11 is 0. The lowest BCUT2D eigenvalue weighted by Gasteiger charge is -2.07. The smallest absolute Gasteiger partial charge is 0.241 e. The van der Waals surface area contributed by atoms with Crippen LogP contribution in [0.15, 0.2) is 77.9 Å². The maximum Gasteiger partial charge on any atom is 0.268 e. The topological polar surface area (TPSA) is 39.1 Å². The number of nitrogens with zero attached hydrogens (tertiary/aromatic N) is 1. The van der Waals surface area contributed by atoms with Gasteiger partial charge in [0.1, 0.15) is 0 Å². The SMILES string of the molecule is C=C(C)/C=C/c1cn(S(=O)(=O)c2ccc(C)cc2)c2ccccc12. The van der Waals surface area contributed by atoms with Gasteiger partial charge in [-0.3, -0.25) is 0 Å². The van der Waals surface area contributed by atoms with Crippen molar-refractivity contribution in [3.63, 3.8) is 0 Å². The molecule has 122 valence electrons. The van der Waals surface area contributed by atoms with Gasteiger partial charge in [-0.2, -0.15) is 0 Å². The van der Waals surface area contributed by atoms with E-state index in [2.05, 4.69) is 6.58 Å². The molecule has 0 aliphatic heterocycles. The zero-order valence-electron chi connectivity index (χ0n) is 13.7. The van der Waals surface area contributed by atoms with E-state index in [0.29, 0.717) is 5.52 Å². The van der Waals surface area contributed by atoms with Crippen LogP contribution in [0.25, 0.3) is 17.0 Å². The lowest BCUT2D eigenvalue weighted by molar-refractivity contribution is 0.589. The normalized spacial score (nSPS) is 12.1. The number of aromatic nitrogens is 1. The zero-order valence-corrected chi connectivity index (χ0v) is 14.5. The van der Waals surface area contributed by atoms with Crippen LogP contribution >= 0.6 is 0 Å². The molecule has 3 rings (SSSR count). The van der Waals surface area contributed by atoms with Crippen LogP contribution in [-0.2, 0) is 10.0 Å². The first-order chi connectivity index (χ1) is 11.4. The van der Waals surface area contributed by atoms with Gasteiger partial charge in [0.05, 0.1) is 10.4 Å². The van der Waals surface area contributed by atoms with Gasteiger partial charge in [-0.15, -0.1) is 0 Å². The molecule has 0 saturated heterocycles. The lowest BCUT2D eigenvalue weighted by Crippen LogP contribution is -2.11. The van der Waals surface area contributed by atoms with Crippen molar-refractivity contribution in [2.75, 3.05) is 0 Å². The first kappa shape index (κ1) is 16.3. The molecular formula is C20H19NO2S. The Hall–Kier alpha value is -2.59. The summed E-state index contributed by atoms with van der Waals surface area (Å²) in [6, 6.07) is 14.4. The summed E-state index contributed by atoms with van der Waals surface area (Å²) in [7, 11) is -3.64. The molecule has 1 aromatic heterocycles. The molecule has 0 bridgehead atoms. The van der Waals surface area contributed by atoms with Gasteiger partial charge >= 0.3 is 0 Å². The number of hydrogen-bond acceptors (Lipinski definition) is 2. The minimum Gasteiger partial charge on any atom is -0.241 e. The van der Waals surface area contributed by atoms with E-state index >= 15 is 0 Å².